The number of carboxylic acids is 1. The lowest BCUT2D eigenvalue weighted by atomic mass is 9.62. The Morgan fingerprint density at radius 2 is 2.07 bits per heavy atom. The van der Waals surface area contributed by atoms with Crippen LogP contribution in [0.4, 0.5) is 0 Å². The number of aliphatic hydroxyl groups excluding tert-OH is 1. The average molecular weight is 400 g/mol. The molecule has 0 radical (unpaired) electrons. The second-order valence-corrected chi connectivity index (χ2v) is 9.22. The van der Waals surface area contributed by atoms with Crippen LogP contribution in [0.5, 0.6) is 0 Å². The number of carboxylic acid groups (broad SMARTS) is 1. The van der Waals surface area contributed by atoms with Crippen LogP contribution >= 0.6 is 11.6 Å². The predicted molar refractivity (Wildman–Crippen MR) is 111 cm³/mol. The Morgan fingerprint density at radius 3 is 2.67 bits per heavy atom. The molecule has 27 heavy (non-hydrogen) atoms. The zero-order valence-corrected chi connectivity index (χ0v) is 17.8. The second-order valence-electron chi connectivity index (χ2n) is 8.66. The second kappa shape index (κ2) is 10.8. The van der Waals surface area contributed by atoms with Gasteiger partial charge in [-0.2, -0.15) is 0 Å². The Labute approximate surface area is 170 Å². The number of hydrogen-bond donors (Lipinski definition) is 2. The maximum Gasteiger partial charge on any atom is 0.306 e. The van der Waals surface area contributed by atoms with Crippen LogP contribution < -0.4 is 0 Å². The van der Waals surface area contributed by atoms with E-state index in [1.165, 1.54) is 19.3 Å². The summed E-state index contributed by atoms with van der Waals surface area (Å²) in [5, 5.41) is 19.7. The van der Waals surface area contributed by atoms with E-state index in [1.54, 1.807) is 6.92 Å². The van der Waals surface area contributed by atoms with Crippen LogP contribution in [0.15, 0.2) is 12.2 Å². The van der Waals surface area contributed by atoms with E-state index in [1.807, 2.05) is 0 Å². The molecule has 5 heteroatoms. The molecule has 156 valence electrons. The Kier molecular flexibility index (Phi) is 9.10. The first-order chi connectivity index (χ1) is 12.9. The minimum atomic E-state index is -0.722. The highest BCUT2D eigenvalue weighted by Crippen LogP contribution is 2.47. The van der Waals surface area contributed by atoms with Crippen LogP contribution in [-0.2, 0) is 4.79 Å². The van der Waals surface area contributed by atoms with Gasteiger partial charge in [0, 0.05) is 6.04 Å². The van der Waals surface area contributed by atoms with Crippen LogP contribution in [0.2, 0.25) is 0 Å². The SMILES string of the molecule is CCC1(C(O)CCCN2CC[C@@H](Cl)[C@@H]2CC=CCCC(C)C(=O)O)CCC1. The molecule has 0 aromatic heterocycles. The van der Waals surface area contributed by atoms with Crippen molar-refractivity contribution < 1.29 is 15.0 Å². The Bertz CT molecular complexity index is 486. The first kappa shape index (κ1) is 22.7. The monoisotopic (exact) mass is 399 g/mol. The van der Waals surface area contributed by atoms with Crippen molar-refractivity contribution >= 4 is 17.6 Å². The molecule has 1 saturated heterocycles. The number of alkyl halides is 1. The minimum Gasteiger partial charge on any atom is -0.481 e. The number of aliphatic hydroxyl groups is 1. The van der Waals surface area contributed by atoms with E-state index in [0.29, 0.717) is 12.5 Å². The molecule has 2 unspecified atom stereocenters. The molecule has 1 aliphatic heterocycles. The molecule has 1 saturated carbocycles. The van der Waals surface area contributed by atoms with Gasteiger partial charge in [-0.1, -0.05) is 32.4 Å². The highest BCUT2D eigenvalue weighted by molar-refractivity contribution is 6.21. The molecule has 2 fully saturated rings. The first-order valence-corrected chi connectivity index (χ1v) is 11.3. The van der Waals surface area contributed by atoms with Crippen LogP contribution in [-0.4, -0.2) is 51.7 Å². The normalized spacial score (nSPS) is 27.6. The molecule has 0 amide bonds. The molecule has 4 nitrogen and oxygen atoms in total. The first-order valence-electron chi connectivity index (χ1n) is 10.8. The minimum absolute atomic E-state index is 0.153. The van der Waals surface area contributed by atoms with Crippen molar-refractivity contribution in [3.8, 4) is 0 Å². The van der Waals surface area contributed by atoms with Gasteiger partial charge in [-0.05, 0) is 76.3 Å². The largest absolute Gasteiger partial charge is 0.481 e. The van der Waals surface area contributed by atoms with E-state index in [-0.39, 0.29) is 22.8 Å². The number of aliphatic carboxylic acids is 1. The summed E-state index contributed by atoms with van der Waals surface area (Å²) in [6, 6.07) is 0.362. The van der Waals surface area contributed by atoms with Crippen molar-refractivity contribution in [2.45, 2.75) is 95.6 Å². The number of allylic oxidation sites excluding steroid dienone is 1. The van der Waals surface area contributed by atoms with Gasteiger partial charge in [0.2, 0.25) is 0 Å². The summed E-state index contributed by atoms with van der Waals surface area (Å²) in [6.07, 6.45) is 14.2. The quantitative estimate of drug-likeness (QED) is 0.364. The van der Waals surface area contributed by atoms with Gasteiger partial charge in [0.05, 0.1) is 17.4 Å². The Morgan fingerprint density at radius 1 is 1.33 bits per heavy atom. The summed E-state index contributed by atoms with van der Waals surface area (Å²) in [5.74, 6) is -1.01. The maximum absolute atomic E-state index is 10.8. The average Bonchev–Trinajstić information content (AvgIpc) is 2.94. The van der Waals surface area contributed by atoms with E-state index < -0.39 is 5.97 Å². The molecule has 0 aromatic rings. The number of rotatable bonds is 12. The summed E-state index contributed by atoms with van der Waals surface area (Å²) in [7, 11) is 0. The molecule has 0 aromatic carbocycles. The third-order valence-corrected chi connectivity index (χ3v) is 7.50. The standard InChI is InChI=1S/C22H38ClNO3/c1-3-22(13-8-14-22)20(25)11-7-15-24-16-12-18(23)19(24)10-6-4-5-9-17(2)21(26)27/h4,6,17-20,25H,3,5,7-16H2,1-2H3,(H,26,27)/t17?,18-,19+,20?/m1/s1. The van der Waals surface area contributed by atoms with Crippen LogP contribution in [0.1, 0.15) is 78.1 Å². The molecule has 0 spiro atoms. The van der Waals surface area contributed by atoms with E-state index >= 15 is 0 Å². The van der Waals surface area contributed by atoms with Crippen molar-refractivity contribution in [3.63, 3.8) is 0 Å². The van der Waals surface area contributed by atoms with Crippen molar-refractivity contribution in [1.82, 2.24) is 4.90 Å². The summed E-state index contributed by atoms with van der Waals surface area (Å²) in [6.45, 7) is 6.01. The number of carbonyl (C=O) groups is 1. The van der Waals surface area contributed by atoms with Crippen molar-refractivity contribution in [1.29, 1.82) is 0 Å². The van der Waals surface area contributed by atoms with E-state index in [9.17, 15) is 9.90 Å². The lowest BCUT2D eigenvalue weighted by molar-refractivity contribution is -0.141. The number of hydrogen-bond acceptors (Lipinski definition) is 3. The molecular formula is C22H38ClNO3. The Hall–Kier alpha value is -0.580. The molecule has 2 aliphatic rings. The fraction of sp³-hybridized carbons (Fsp3) is 0.864. The molecule has 0 bridgehead atoms. The van der Waals surface area contributed by atoms with Gasteiger partial charge < -0.3 is 10.2 Å². The number of likely N-dealkylation sites (tertiary alicyclic amines) is 1. The lowest BCUT2D eigenvalue weighted by Gasteiger charge is -2.45. The molecule has 1 aliphatic carbocycles. The smallest absolute Gasteiger partial charge is 0.306 e. The summed E-state index contributed by atoms with van der Waals surface area (Å²) >= 11 is 6.54. The molecule has 1 heterocycles. The highest BCUT2D eigenvalue weighted by Gasteiger charge is 2.41. The van der Waals surface area contributed by atoms with Gasteiger partial charge in [-0.25, -0.2) is 0 Å². The van der Waals surface area contributed by atoms with Gasteiger partial charge in [0.15, 0.2) is 0 Å². The van der Waals surface area contributed by atoms with Crippen LogP contribution in [0, 0.1) is 11.3 Å². The van der Waals surface area contributed by atoms with Gasteiger partial charge in [0.1, 0.15) is 0 Å². The fourth-order valence-corrected chi connectivity index (χ4v) is 4.98. The van der Waals surface area contributed by atoms with Gasteiger partial charge >= 0.3 is 5.97 Å². The topological polar surface area (TPSA) is 60.8 Å². The van der Waals surface area contributed by atoms with Crippen molar-refractivity contribution in [2.24, 2.45) is 11.3 Å². The summed E-state index contributed by atoms with van der Waals surface area (Å²) < 4.78 is 0. The molecule has 4 atom stereocenters. The lowest BCUT2D eigenvalue weighted by Crippen LogP contribution is -2.41. The zero-order chi connectivity index (χ0) is 19.9. The van der Waals surface area contributed by atoms with Crippen LogP contribution in [0.3, 0.4) is 0 Å². The predicted octanol–water partition coefficient (Wildman–Crippen LogP) is 4.84. The number of nitrogens with zero attached hydrogens (tertiary/aromatic N) is 1. The Balaban J connectivity index is 1.70. The van der Waals surface area contributed by atoms with Gasteiger partial charge in [-0.15, -0.1) is 11.6 Å². The number of halogens is 1. The zero-order valence-electron chi connectivity index (χ0n) is 17.1. The van der Waals surface area contributed by atoms with E-state index in [2.05, 4.69) is 24.0 Å². The van der Waals surface area contributed by atoms with E-state index in [0.717, 1.165) is 51.6 Å². The highest BCUT2D eigenvalue weighted by atomic mass is 35.5. The summed E-state index contributed by atoms with van der Waals surface area (Å²) in [5.41, 5.74) is 0.204. The van der Waals surface area contributed by atoms with Gasteiger partial charge in [-0.3, -0.25) is 9.69 Å². The molecule has 2 N–H and O–H groups in total. The molecular weight excluding hydrogens is 362 g/mol. The molecule has 2 rings (SSSR count). The van der Waals surface area contributed by atoms with Gasteiger partial charge in [0.25, 0.3) is 0 Å². The fourth-order valence-electron chi connectivity index (χ4n) is 4.62. The third-order valence-electron chi connectivity index (χ3n) is 6.99. The van der Waals surface area contributed by atoms with Crippen molar-refractivity contribution in [2.75, 3.05) is 13.1 Å². The third kappa shape index (κ3) is 6.20. The van der Waals surface area contributed by atoms with Crippen molar-refractivity contribution in [3.05, 3.63) is 12.2 Å². The maximum atomic E-state index is 10.8. The van der Waals surface area contributed by atoms with Crippen LogP contribution in [0.25, 0.3) is 0 Å². The van der Waals surface area contributed by atoms with E-state index in [4.69, 9.17) is 16.7 Å². The summed E-state index contributed by atoms with van der Waals surface area (Å²) in [4.78, 5) is 13.3.